The van der Waals surface area contributed by atoms with E-state index in [4.69, 9.17) is 0 Å². The quantitative estimate of drug-likeness (QED) is 0.774. The molecule has 17 heavy (non-hydrogen) atoms. The molecular formula is C14H28N2O. The van der Waals surface area contributed by atoms with E-state index in [1.54, 1.807) is 0 Å². The summed E-state index contributed by atoms with van der Waals surface area (Å²) in [6.45, 7) is 8.12. The topological polar surface area (TPSA) is 41.1 Å². The van der Waals surface area contributed by atoms with Gasteiger partial charge in [0.1, 0.15) is 0 Å². The predicted molar refractivity (Wildman–Crippen MR) is 71.9 cm³/mol. The van der Waals surface area contributed by atoms with Gasteiger partial charge < -0.3 is 10.6 Å². The molecule has 0 spiro atoms. The van der Waals surface area contributed by atoms with Crippen LogP contribution in [0.1, 0.15) is 52.9 Å². The van der Waals surface area contributed by atoms with Crippen molar-refractivity contribution in [3.05, 3.63) is 0 Å². The highest BCUT2D eigenvalue weighted by Crippen LogP contribution is 2.29. The van der Waals surface area contributed by atoms with Gasteiger partial charge in [-0.25, -0.2) is 0 Å². The van der Waals surface area contributed by atoms with E-state index in [0.717, 1.165) is 25.9 Å². The third kappa shape index (κ3) is 5.07. The van der Waals surface area contributed by atoms with Crippen molar-refractivity contribution in [1.82, 2.24) is 10.6 Å². The fraction of sp³-hybridized carbons (Fsp3) is 0.929. The number of hydrogen-bond acceptors (Lipinski definition) is 2. The molecule has 2 N–H and O–H groups in total. The summed E-state index contributed by atoms with van der Waals surface area (Å²) in [6, 6.07) is 0.692. The largest absolute Gasteiger partial charge is 0.356 e. The molecule has 0 aliphatic heterocycles. The number of carbonyl (C=O) groups excluding carboxylic acids is 1. The summed E-state index contributed by atoms with van der Waals surface area (Å²) >= 11 is 0. The lowest BCUT2D eigenvalue weighted by atomic mass is 10.1. The van der Waals surface area contributed by atoms with Crippen LogP contribution in [-0.4, -0.2) is 25.0 Å². The first-order valence-corrected chi connectivity index (χ1v) is 7.30. The van der Waals surface area contributed by atoms with Crippen LogP contribution in [0.4, 0.5) is 0 Å². The standard InChI is InChI=1S/C12H22N2O.C2H6/c1-2-13-11-6-3-9(7-11)8-14-12(15)10-4-5-10;1-2/h9-11,13H,2-8H2,1H3,(H,14,15);1-2H3. The van der Waals surface area contributed by atoms with Crippen LogP contribution in [0.3, 0.4) is 0 Å². The molecule has 0 heterocycles. The van der Waals surface area contributed by atoms with Crippen molar-refractivity contribution in [3.63, 3.8) is 0 Å². The van der Waals surface area contributed by atoms with E-state index in [1.165, 1.54) is 19.3 Å². The lowest BCUT2D eigenvalue weighted by molar-refractivity contribution is -0.122. The van der Waals surface area contributed by atoms with Crippen molar-refractivity contribution in [3.8, 4) is 0 Å². The average Bonchev–Trinajstić information content (AvgIpc) is 3.11. The molecule has 3 nitrogen and oxygen atoms in total. The molecule has 1 amide bonds. The lowest BCUT2D eigenvalue weighted by Gasteiger charge is -2.12. The molecule has 0 bridgehead atoms. The summed E-state index contributed by atoms with van der Waals surface area (Å²) in [4.78, 5) is 11.4. The average molecular weight is 240 g/mol. The summed E-state index contributed by atoms with van der Waals surface area (Å²) in [7, 11) is 0. The zero-order valence-electron chi connectivity index (χ0n) is 11.6. The molecule has 2 aliphatic carbocycles. The second-order valence-electron chi connectivity index (χ2n) is 4.95. The van der Waals surface area contributed by atoms with Gasteiger partial charge in [0, 0.05) is 18.5 Å². The van der Waals surface area contributed by atoms with Crippen molar-refractivity contribution in [2.45, 2.75) is 58.9 Å². The van der Waals surface area contributed by atoms with Crippen molar-refractivity contribution < 1.29 is 4.79 Å². The first kappa shape index (κ1) is 14.5. The van der Waals surface area contributed by atoms with Crippen LogP contribution in [-0.2, 0) is 4.79 Å². The van der Waals surface area contributed by atoms with Gasteiger partial charge in [-0.1, -0.05) is 20.8 Å². The van der Waals surface area contributed by atoms with Gasteiger partial charge in [-0.3, -0.25) is 4.79 Å². The van der Waals surface area contributed by atoms with Crippen LogP contribution in [0.5, 0.6) is 0 Å². The molecule has 2 unspecified atom stereocenters. The fourth-order valence-electron chi connectivity index (χ4n) is 2.47. The fourth-order valence-corrected chi connectivity index (χ4v) is 2.47. The molecule has 0 radical (unpaired) electrons. The maximum Gasteiger partial charge on any atom is 0.223 e. The smallest absolute Gasteiger partial charge is 0.223 e. The minimum atomic E-state index is 0.293. The highest BCUT2D eigenvalue weighted by Gasteiger charge is 2.30. The van der Waals surface area contributed by atoms with Gasteiger partial charge in [-0.05, 0) is 44.6 Å². The molecule has 2 rings (SSSR count). The van der Waals surface area contributed by atoms with Gasteiger partial charge in [-0.2, -0.15) is 0 Å². The highest BCUT2D eigenvalue weighted by atomic mass is 16.2. The number of amides is 1. The molecule has 0 aromatic rings. The second kappa shape index (κ2) is 7.70. The molecule has 100 valence electrons. The lowest BCUT2D eigenvalue weighted by Crippen LogP contribution is -2.31. The summed E-state index contributed by atoms with van der Waals surface area (Å²) in [5.41, 5.74) is 0. The van der Waals surface area contributed by atoms with Crippen molar-refractivity contribution in [2.24, 2.45) is 11.8 Å². The Bertz CT molecular complexity index is 226. The van der Waals surface area contributed by atoms with E-state index in [1.807, 2.05) is 13.8 Å². The van der Waals surface area contributed by atoms with Crippen LogP contribution in [0, 0.1) is 11.8 Å². The zero-order valence-corrected chi connectivity index (χ0v) is 11.6. The summed E-state index contributed by atoms with van der Waals surface area (Å²) in [5, 5.41) is 6.57. The number of carbonyl (C=O) groups is 1. The molecular weight excluding hydrogens is 212 g/mol. The molecule has 0 saturated heterocycles. The Balaban J connectivity index is 0.000000686. The molecule has 0 aromatic heterocycles. The monoisotopic (exact) mass is 240 g/mol. The van der Waals surface area contributed by atoms with Crippen molar-refractivity contribution in [1.29, 1.82) is 0 Å². The Morgan fingerprint density at radius 2 is 1.88 bits per heavy atom. The van der Waals surface area contributed by atoms with E-state index >= 15 is 0 Å². The van der Waals surface area contributed by atoms with E-state index in [2.05, 4.69) is 17.6 Å². The Kier molecular flexibility index (Phi) is 6.56. The van der Waals surface area contributed by atoms with Gasteiger partial charge in [-0.15, -0.1) is 0 Å². The molecule has 0 aromatic carbocycles. The molecule has 2 atom stereocenters. The first-order valence-electron chi connectivity index (χ1n) is 7.30. The summed E-state index contributed by atoms with van der Waals surface area (Å²) in [6.07, 6.45) is 5.99. The van der Waals surface area contributed by atoms with Gasteiger partial charge in [0.05, 0.1) is 0 Å². The summed E-state index contributed by atoms with van der Waals surface area (Å²) < 4.78 is 0. The predicted octanol–water partition coefficient (Wildman–Crippen LogP) is 2.32. The van der Waals surface area contributed by atoms with Crippen LogP contribution in [0.15, 0.2) is 0 Å². The second-order valence-corrected chi connectivity index (χ2v) is 4.95. The highest BCUT2D eigenvalue weighted by molar-refractivity contribution is 5.80. The van der Waals surface area contributed by atoms with Gasteiger partial charge >= 0.3 is 0 Å². The van der Waals surface area contributed by atoms with E-state index < -0.39 is 0 Å². The van der Waals surface area contributed by atoms with E-state index in [9.17, 15) is 4.79 Å². The number of nitrogens with one attached hydrogen (secondary N) is 2. The maximum atomic E-state index is 11.4. The summed E-state index contributed by atoms with van der Waals surface area (Å²) in [5.74, 6) is 1.36. The number of rotatable bonds is 5. The Morgan fingerprint density at radius 1 is 1.18 bits per heavy atom. The minimum Gasteiger partial charge on any atom is -0.356 e. The zero-order chi connectivity index (χ0) is 12.7. The van der Waals surface area contributed by atoms with E-state index in [0.29, 0.717) is 23.8 Å². The Hall–Kier alpha value is -0.570. The molecule has 3 heteroatoms. The number of hydrogen-bond donors (Lipinski definition) is 2. The van der Waals surface area contributed by atoms with Crippen LogP contribution in [0.25, 0.3) is 0 Å². The van der Waals surface area contributed by atoms with Gasteiger partial charge in [0.2, 0.25) is 5.91 Å². The van der Waals surface area contributed by atoms with Crippen LogP contribution in [0.2, 0.25) is 0 Å². The van der Waals surface area contributed by atoms with Crippen molar-refractivity contribution >= 4 is 5.91 Å². The molecule has 2 fully saturated rings. The molecule has 2 aliphatic rings. The minimum absolute atomic E-state index is 0.293. The molecule has 2 saturated carbocycles. The van der Waals surface area contributed by atoms with Gasteiger partial charge in [0.25, 0.3) is 0 Å². The van der Waals surface area contributed by atoms with Crippen molar-refractivity contribution in [2.75, 3.05) is 13.1 Å². The van der Waals surface area contributed by atoms with Gasteiger partial charge in [0.15, 0.2) is 0 Å². The maximum absolute atomic E-state index is 11.4. The third-order valence-corrected chi connectivity index (χ3v) is 3.55. The first-order chi connectivity index (χ1) is 8.29. The third-order valence-electron chi connectivity index (χ3n) is 3.55. The Labute approximate surface area is 106 Å². The normalized spacial score (nSPS) is 27.2. The van der Waals surface area contributed by atoms with Crippen LogP contribution < -0.4 is 10.6 Å². The SMILES string of the molecule is CC.CCNC1CCC(CNC(=O)C2CC2)C1. The Morgan fingerprint density at radius 3 is 2.47 bits per heavy atom. The van der Waals surface area contributed by atoms with Crippen LogP contribution >= 0.6 is 0 Å². The van der Waals surface area contributed by atoms with E-state index in [-0.39, 0.29) is 0 Å².